The van der Waals surface area contributed by atoms with Crippen molar-refractivity contribution >= 4 is 22.8 Å². The Labute approximate surface area is 237 Å². The molecule has 12 nitrogen and oxygen atoms in total. The Hall–Kier alpha value is -4.16. The van der Waals surface area contributed by atoms with Gasteiger partial charge in [0.15, 0.2) is 35.9 Å². The van der Waals surface area contributed by atoms with Crippen molar-refractivity contribution in [1.29, 1.82) is 21.0 Å². The second kappa shape index (κ2) is 14.8. The van der Waals surface area contributed by atoms with Gasteiger partial charge in [0.25, 0.3) is 0 Å². The van der Waals surface area contributed by atoms with Gasteiger partial charge in [0.2, 0.25) is 11.6 Å². The quantitative estimate of drug-likeness (QED) is 0.171. The molecule has 0 radical (unpaired) electrons. The molecule has 0 spiro atoms. The lowest BCUT2D eigenvalue weighted by atomic mass is 9.95. The highest BCUT2D eigenvalue weighted by Crippen LogP contribution is 2.21. The summed E-state index contributed by atoms with van der Waals surface area (Å²) in [4.78, 5) is 0. The zero-order valence-corrected chi connectivity index (χ0v) is 24.5. The zero-order valence-electron chi connectivity index (χ0n) is 24.5. The van der Waals surface area contributed by atoms with Gasteiger partial charge < -0.3 is 10.4 Å². The van der Waals surface area contributed by atoms with Crippen LogP contribution in [0.4, 0.5) is 0 Å². The molecule has 2 rings (SSSR count). The molecule has 0 bridgehead atoms. The van der Waals surface area contributed by atoms with Crippen LogP contribution in [0.5, 0.6) is 0 Å². The molecular formula is C28H42N8O4+2. The van der Waals surface area contributed by atoms with Crippen molar-refractivity contribution in [1.82, 2.24) is 0 Å². The lowest BCUT2D eigenvalue weighted by Crippen LogP contribution is -2.43. The van der Waals surface area contributed by atoms with Gasteiger partial charge in [0.05, 0.1) is 0 Å². The number of hydroxylamine groups is 4. The fourth-order valence-electron chi connectivity index (χ4n) is 4.49. The van der Waals surface area contributed by atoms with Gasteiger partial charge in [-0.15, -0.1) is 0 Å². The van der Waals surface area contributed by atoms with Crippen LogP contribution in [0, 0.1) is 55.7 Å². The summed E-state index contributed by atoms with van der Waals surface area (Å²) in [6.45, 7) is 9.82. The summed E-state index contributed by atoms with van der Waals surface area (Å²) in [5.41, 5.74) is -2.85. The molecule has 2 aliphatic carbocycles. The maximum atomic E-state index is 12.5. The lowest BCUT2D eigenvalue weighted by molar-refractivity contribution is -0.818. The van der Waals surface area contributed by atoms with E-state index in [9.17, 15) is 31.4 Å². The lowest BCUT2D eigenvalue weighted by Gasteiger charge is -2.21. The molecule has 216 valence electrons. The third-order valence-electron chi connectivity index (χ3n) is 6.81. The molecule has 0 unspecified atom stereocenters. The number of hydrogen-bond acceptors (Lipinski definition) is 8. The predicted molar refractivity (Wildman–Crippen MR) is 147 cm³/mol. The standard InChI is InChI=1S/C16H23N4O2.C12H19N4O2/c17-11-15(19(21)13-7-3-1-4-8-13)16(12-18)20(22)14-9-5-2-6-10-14;1-11(2,3)15(17)9(7-13)10(8-14)16(18)12(4,5)6/h13-14,21H,1-10H2;17H,1-6H3/q2*+1/b19-15-,20-16-;15-9-,16-10-. The second-order valence-corrected chi connectivity index (χ2v) is 12.0. The third-order valence-corrected chi connectivity index (χ3v) is 6.81. The third kappa shape index (κ3) is 8.95. The summed E-state index contributed by atoms with van der Waals surface area (Å²) < 4.78 is 2.60. The van der Waals surface area contributed by atoms with Crippen molar-refractivity contribution in [3.63, 3.8) is 0 Å². The van der Waals surface area contributed by atoms with Crippen molar-refractivity contribution in [3.8, 4) is 24.3 Å². The first kappa shape index (κ1) is 33.9. The van der Waals surface area contributed by atoms with Crippen molar-refractivity contribution < 1.29 is 29.4 Å². The van der Waals surface area contributed by atoms with Crippen LogP contribution >= 0.6 is 0 Å². The normalized spacial score (nSPS) is 19.4. The molecule has 0 heterocycles. The van der Waals surface area contributed by atoms with Gasteiger partial charge in [0.1, 0.15) is 0 Å². The fourth-order valence-corrected chi connectivity index (χ4v) is 4.49. The number of nitrogens with zero attached hydrogens (tertiary/aromatic N) is 8. The minimum Gasteiger partial charge on any atom is -0.622 e. The Morgan fingerprint density at radius 3 is 1.35 bits per heavy atom. The molecule has 0 atom stereocenters. The van der Waals surface area contributed by atoms with Gasteiger partial charge in [-0.1, -0.05) is 12.8 Å². The van der Waals surface area contributed by atoms with E-state index in [-0.39, 0.29) is 29.2 Å². The molecule has 12 heteroatoms. The van der Waals surface area contributed by atoms with Crippen LogP contribution in [-0.2, 0) is 0 Å². The van der Waals surface area contributed by atoms with Crippen LogP contribution < -0.4 is 0 Å². The molecule has 2 N–H and O–H groups in total. The van der Waals surface area contributed by atoms with Crippen LogP contribution in [0.3, 0.4) is 0 Å². The Bertz CT molecular complexity index is 1110. The maximum Gasteiger partial charge on any atom is 0.410 e. The average molecular weight is 555 g/mol. The monoisotopic (exact) mass is 554 g/mol. The van der Waals surface area contributed by atoms with Crippen LogP contribution in [-0.4, -0.2) is 75.4 Å². The maximum absolute atomic E-state index is 12.5. The minimum atomic E-state index is -0.869. The molecule has 40 heavy (non-hydrogen) atoms. The summed E-state index contributed by atoms with van der Waals surface area (Å²) in [6, 6.07) is 6.65. The van der Waals surface area contributed by atoms with Crippen molar-refractivity contribution in [2.45, 2.75) is 129 Å². The number of rotatable bonds is 4. The van der Waals surface area contributed by atoms with Crippen LogP contribution in [0.1, 0.15) is 106 Å². The molecule has 0 aromatic carbocycles. The summed E-state index contributed by atoms with van der Waals surface area (Å²) >= 11 is 0. The largest absolute Gasteiger partial charge is 0.622 e. The highest BCUT2D eigenvalue weighted by Gasteiger charge is 2.39. The zero-order chi connectivity index (χ0) is 30.7. The highest BCUT2D eigenvalue weighted by molar-refractivity contribution is 6.50. The Balaban J connectivity index is 0.000000410. The SMILES string of the molecule is CC(C)(C)/[N+]([O-])=C(C#N)/C(C#N)=[N+](\O)C(C)(C)C.N#CC(/C(C#N)=[N+](\O)C1CCCCC1)=[N+](/[O-])C1CCCCC1. The Kier molecular flexibility index (Phi) is 12.6. The first-order chi connectivity index (χ1) is 18.6. The molecular weight excluding hydrogens is 512 g/mol. The molecule has 2 fully saturated rings. The van der Waals surface area contributed by atoms with Gasteiger partial charge in [-0.3, -0.25) is 10.4 Å². The topological polar surface area (TPSA) is 194 Å². The van der Waals surface area contributed by atoms with E-state index in [4.69, 9.17) is 10.5 Å². The summed E-state index contributed by atoms with van der Waals surface area (Å²) in [5.74, 6) is 0. The van der Waals surface area contributed by atoms with Gasteiger partial charge in [0, 0.05) is 72.0 Å². The van der Waals surface area contributed by atoms with E-state index >= 15 is 0 Å². The predicted octanol–water partition coefficient (Wildman–Crippen LogP) is 3.92. The molecule has 0 aliphatic heterocycles. The Morgan fingerprint density at radius 2 is 1.00 bits per heavy atom. The van der Waals surface area contributed by atoms with E-state index in [1.807, 2.05) is 12.1 Å². The first-order valence-electron chi connectivity index (χ1n) is 13.7. The number of hydrogen-bond donors (Lipinski definition) is 2. The minimum absolute atomic E-state index is 0.175. The van der Waals surface area contributed by atoms with E-state index in [1.54, 1.807) is 53.7 Å². The summed E-state index contributed by atoms with van der Waals surface area (Å²) in [7, 11) is 0. The first-order valence-corrected chi connectivity index (χ1v) is 13.7. The van der Waals surface area contributed by atoms with E-state index in [0.29, 0.717) is 14.2 Å². The van der Waals surface area contributed by atoms with Crippen LogP contribution in [0.15, 0.2) is 0 Å². The van der Waals surface area contributed by atoms with E-state index in [1.165, 1.54) is 0 Å². The van der Waals surface area contributed by atoms with Crippen molar-refractivity contribution in [3.05, 3.63) is 10.4 Å². The van der Waals surface area contributed by atoms with Gasteiger partial charge in [-0.25, -0.2) is 0 Å². The summed E-state index contributed by atoms with van der Waals surface area (Å²) in [6.07, 6.45) is 9.19. The molecule has 0 aromatic rings. The smallest absolute Gasteiger partial charge is 0.410 e. The van der Waals surface area contributed by atoms with Crippen LogP contribution in [0.2, 0.25) is 0 Å². The van der Waals surface area contributed by atoms with E-state index in [2.05, 4.69) is 0 Å². The molecule has 2 aliphatic rings. The average Bonchev–Trinajstić information content (AvgIpc) is 2.93. The van der Waals surface area contributed by atoms with E-state index < -0.39 is 16.8 Å². The molecule has 0 aromatic heterocycles. The number of nitriles is 4. The molecule has 0 saturated heterocycles. The second-order valence-electron chi connectivity index (χ2n) is 12.0. The van der Waals surface area contributed by atoms with Gasteiger partial charge in [-0.05, 0) is 30.4 Å². The van der Waals surface area contributed by atoms with Crippen LogP contribution in [0.25, 0.3) is 0 Å². The van der Waals surface area contributed by atoms with Gasteiger partial charge >= 0.3 is 22.8 Å². The summed E-state index contributed by atoms with van der Waals surface area (Å²) in [5, 5.41) is 81.4. The Morgan fingerprint density at radius 1 is 0.600 bits per heavy atom. The van der Waals surface area contributed by atoms with Crippen molar-refractivity contribution in [2.75, 3.05) is 0 Å². The molecule has 2 saturated carbocycles. The van der Waals surface area contributed by atoms with E-state index in [0.717, 1.165) is 68.9 Å². The van der Waals surface area contributed by atoms with Gasteiger partial charge in [-0.2, -0.15) is 30.5 Å². The highest BCUT2D eigenvalue weighted by atomic mass is 16.5. The molecule has 0 amide bonds. The van der Waals surface area contributed by atoms with Crippen molar-refractivity contribution in [2.24, 2.45) is 0 Å². The fraction of sp³-hybridized carbons (Fsp3) is 0.714.